The first-order chi connectivity index (χ1) is 11.7. The van der Waals surface area contributed by atoms with Crippen LogP contribution in [0.15, 0.2) is 60.7 Å². The van der Waals surface area contributed by atoms with Gasteiger partial charge in [0.15, 0.2) is 0 Å². The third-order valence-corrected chi connectivity index (χ3v) is 4.76. The van der Waals surface area contributed by atoms with E-state index in [-0.39, 0.29) is 11.1 Å². The molecule has 2 aromatic carbocycles. The molecule has 24 heavy (non-hydrogen) atoms. The van der Waals surface area contributed by atoms with Crippen LogP contribution in [0.5, 0.6) is 0 Å². The molecule has 0 unspecified atom stereocenters. The van der Waals surface area contributed by atoms with Crippen molar-refractivity contribution in [2.75, 3.05) is 5.32 Å². The Bertz CT molecular complexity index is 1020. The number of anilines is 2. The number of fused-ring (bicyclic) bond motifs is 1. The lowest BCUT2D eigenvalue weighted by atomic mass is 10.2. The van der Waals surface area contributed by atoms with Crippen molar-refractivity contribution in [1.29, 1.82) is 0 Å². The lowest BCUT2D eigenvalue weighted by molar-refractivity contribution is 0.628. The summed E-state index contributed by atoms with van der Waals surface area (Å²) in [5, 5.41) is 4.13. The standard InChI is InChI=1S/C18H11ClFN3S/c19-18-22-16(21-13-8-4-7-12(20)9-13)14-10-15(24-17(14)23-18)11-5-2-1-3-6-11/h1-10H,(H,21,22,23). The number of aromatic nitrogens is 2. The minimum absolute atomic E-state index is 0.155. The highest BCUT2D eigenvalue weighted by Gasteiger charge is 2.12. The van der Waals surface area contributed by atoms with Crippen LogP contribution in [0.1, 0.15) is 0 Å². The Morgan fingerprint density at radius 2 is 1.79 bits per heavy atom. The Morgan fingerprint density at radius 1 is 0.958 bits per heavy atom. The van der Waals surface area contributed by atoms with Gasteiger partial charge in [0, 0.05) is 10.6 Å². The molecular weight excluding hydrogens is 345 g/mol. The number of nitrogens with zero attached hydrogens (tertiary/aromatic N) is 2. The van der Waals surface area contributed by atoms with Crippen LogP contribution in [-0.2, 0) is 0 Å². The maximum absolute atomic E-state index is 13.4. The Hall–Kier alpha value is -2.50. The third kappa shape index (κ3) is 2.96. The fourth-order valence-electron chi connectivity index (χ4n) is 2.44. The summed E-state index contributed by atoms with van der Waals surface area (Å²) in [5.41, 5.74) is 1.71. The quantitative estimate of drug-likeness (QED) is 0.465. The highest BCUT2D eigenvalue weighted by Crippen LogP contribution is 2.36. The number of hydrogen-bond donors (Lipinski definition) is 1. The van der Waals surface area contributed by atoms with E-state index >= 15 is 0 Å². The summed E-state index contributed by atoms with van der Waals surface area (Å²) in [4.78, 5) is 10.4. The van der Waals surface area contributed by atoms with Gasteiger partial charge in [-0.2, -0.15) is 4.98 Å². The van der Waals surface area contributed by atoms with E-state index in [1.165, 1.54) is 12.1 Å². The molecule has 6 heteroatoms. The number of thiophene rings is 1. The second-order valence-electron chi connectivity index (χ2n) is 5.17. The van der Waals surface area contributed by atoms with Gasteiger partial charge in [0.1, 0.15) is 16.5 Å². The van der Waals surface area contributed by atoms with E-state index in [0.717, 1.165) is 20.7 Å². The first kappa shape index (κ1) is 15.1. The molecule has 0 saturated heterocycles. The molecule has 0 aliphatic heterocycles. The Kier molecular flexibility index (Phi) is 3.88. The van der Waals surface area contributed by atoms with Gasteiger partial charge >= 0.3 is 0 Å². The fraction of sp³-hybridized carbons (Fsp3) is 0. The van der Waals surface area contributed by atoms with Gasteiger partial charge in [-0.15, -0.1) is 11.3 Å². The zero-order chi connectivity index (χ0) is 16.5. The van der Waals surface area contributed by atoms with Gasteiger partial charge in [-0.25, -0.2) is 9.37 Å². The second kappa shape index (κ2) is 6.19. The molecule has 1 N–H and O–H groups in total. The van der Waals surface area contributed by atoms with Crippen molar-refractivity contribution in [3.63, 3.8) is 0 Å². The number of halogens is 2. The molecule has 0 bridgehead atoms. The summed E-state index contributed by atoms with van der Waals surface area (Å²) >= 11 is 7.59. The Morgan fingerprint density at radius 3 is 2.58 bits per heavy atom. The summed E-state index contributed by atoms with van der Waals surface area (Å²) in [6.07, 6.45) is 0. The normalized spacial score (nSPS) is 10.9. The fourth-order valence-corrected chi connectivity index (χ4v) is 3.69. The Balaban J connectivity index is 1.81. The maximum Gasteiger partial charge on any atom is 0.225 e. The molecule has 0 fully saturated rings. The Labute approximate surface area is 146 Å². The highest BCUT2D eigenvalue weighted by atomic mass is 35.5. The van der Waals surface area contributed by atoms with E-state index in [1.54, 1.807) is 23.5 Å². The van der Waals surface area contributed by atoms with E-state index in [4.69, 9.17) is 11.6 Å². The van der Waals surface area contributed by atoms with Gasteiger partial charge in [0.2, 0.25) is 5.28 Å². The molecule has 0 aliphatic carbocycles. The molecule has 3 nitrogen and oxygen atoms in total. The zero-order valence-electron chi connectivity index (χ0n) is 12.3. The van der Waals surface area contributed by atoms with Crippen LogP contribution in [0.2, 0.25) is 5.28 Å². The summed E-state index contributed by atoms with van der Waals surface area (Å²) in [5.74, 6) is 0.251. The van der Waals surface area contributed by atoms with Gasteiger partial charge in [0.25, 0.3) is 0 Å². The van der Waals surface area contributed by atoms with Crippen molar-refractivity contribution >= 4 is 44.7 Å². The molecule has 118 valence electrons. The molecule has 0 amide bonds. The predicted molar refractivity (Wildman–Crippen MR) is 97.5 cm³/mol. The van der Waals surface area contributed by atoms with E-state index < -0.39 is 0 Å². The summed E-state index contributed by atoms with van der Waals surface area (Å²) in [6.45, 7) is 0. The van der Waals surface area contributed by atoms with Crippen LogP contribution in [0.4, 0.5) is 15.9 Å². The largest absolute Gasteiger partial charge is 0.339 e. The summed E-state index contributed by atoms with van der Waals surface area (Å²) < 4.78 is 13.4. The first-order valence-electron chi connectivity index (χ1n) is 7.24. The number of benzene rings is 2. The van der Waals surface area contributed by atoms with Gasteiger partial charge in [0.05, 0.1) is 5.39 Å². The SMILES string of the molecule is Fc1cccc(Nc2nc(Cl)nc3sc(-c4ccccc4)cc23)c1. The van der Waals surface area contributed by atoms with Crippen molar-refractivity contribution < 1.29 is 4.39 Å². The van der Waals surface area contributed by atoms with Crippen LogP contribution in [-0.4, -0.2) is 9.97 Å². The molecule has 0 radical (unpaired) electrons. The lowest BCUT2D eigenvalue weighted by Gasteiger charge is -2.06. The van der Waals surface area contributed by atoms with E-state index in [2.05, 4.69) is 15.3 Å². The second-order valence-corrected chi connectivity index (χ2v) is 6.54. The van der Waals surface area contributed by atoms with Gasteiger partial charge in [-0.1, -0.05) is 36.4 Å². The van der Waals surface area contributed by atoms with Crippen molar-refractivity contribution in [1.82, 2.24) is 9.97 Å². The molecule has 2 aromatic heterocycles. The van der Waals surface area contributed by atoms with E-state index in [9.17, 15) is 4.39 Å². The molecular formula is C18H11ClFN3S. The average Bonchev–Trinajstić information content (AvgIpc) is 3.00. The van der Waals surface area contributed by atoms with E-state index in [0.29, 0.717) is 11.5 Å². The minimum atomic E-state index is -0.313. The zero-order valence-corrected chi connectivity index (χ0v) is 13.9. The number of hydrogen-bond acceptors (Lipinski definition) is 4. The van der Waals surface area contributed by atoms with Crippen LogP contribution < -0.4 is 5.32 Å². The lowest BCUT2D eigenvalue weighted by Crippen LogP contribution is -1.96. The molecule has 2 heterocycles. The predicted octanol–water partition coefficient (Wildman–Crippen LogP) is 5.89. The van der Waals surface area contributed by atoms with Gasteiger partial charge in [-0.05, 0) is 41.4 Å². The van der Waals surface area contributed by atoms with Crippen molar-refractivity contribution in [2.45, 2.75) is 0 Å². The molecule has 0 spiro atoms. The van der Waals surface area contributed by atoms with Crippen LogP contribution in [0, 0.1) is 5.82 Å². The van der Waals surface area contributed by atoms with Crippen molar-refractivity contribution in [3.05, 3.63) is 71.8 Å². The minimum Gasteiger partial charge on any atom is -0.339 e. The highest BCUT2D eigenvalue weighted by molar-refractivity contribution is 7.22. The van der Waals surface area contributed by atoms with Crippen molar-refractivity contribution in [3.8, 4) is 10.4 Å². The van der Waals surface area contributed by atoms with Gasteiger partial charge < -0.3 is 5.32 Å². The summed E-state index contributed by atoms with van der Waals surface area (Å²) in [7, 11) is 0. The number of nitrogens with one attached hydrogen (secondary N) is 1. The smallest absolute Gasteiger partial charge is 0.225 e. The van der Waals surface area contributed by atoms with Crippen LogP contribution in [0.3, 0.4) is 0 Å². The summed E-state index contributed by atoms with van der Waals surface area (Å²) in [6, 6.07) is 18.3. The van der Waals surface area contributed by atoms with Crippen LogP contribution >= 0.6 is 22.9 Å². The van der Waals surface area contributed by atoms with Gasteiger partial charge in [-0.3, -0.25) is 0 Å². The topological polar surface area (TPSA) is 37.8 Å². The maximum atomic E-state index is 13.4. The third-order valence-electron chi connectivity index (χ3n) is 3.51. The molecule has 0 atom stereocenters. The van der Waals surface area contributed by atoms with Crippen LogP contribution in [0.25, 0.3) is 20.7 Å². The number of rotatable bonds is 3. The monoisotopic (exact) mass is 355 g/mol. The molecule has 4 aromatic rings. The molecule has 0 saturated carbocycles. The van der Waals surface area contributed by atoms with Crippen molar-refractivity contribution in [2.24, 2.45) is 0 Å². The van der Waals surface area contributed by atoms with E-state index in [1.807, 2.05) is 36.4 Å². The molecule has 4 rings (SSSR count). The first-order valence-corrected chi connectivity index (χ1v) is 8.43. The molecule has 0 aliphatic rings. The average molecular weight is 356 g/mol.